The minimum Gasteiger partial charge on any atom is -0.444 e. The van der Waals surface area contributed by atoms with Crippen molar-refractivity contribution in [2.45, 2.75) is 49.8 Å². The molecule has 1 aliphatic heterocycles. The van der Waals surface area contributed by atoms with E-state index < -0.39 is 28.3 Å². The first-order valence-electron chi connectivity index (χ1n) is 14.6. The lowest BCUT2D eigenvalue weighted by Gasteiger charge is -2.30. The number of rotatable bonds is 15. The summed E-state index contributed by atoms with van der Waals surface area (Å²) >= 11 is 1.40. The third-order valence-corrected chi connectivity index (χ3v) is 9.82. The predicted octanol–water partition coefficient (Wildman–Crippen LogP) is 3.40. The number of likely N-dealkylation sites (N-methyl/N-ethyl adjacent to an activating group) is 1. The Balaban J connectivity index is 1.53. The number of aliphatic hydroxyl groups is 1. The number of amides is 1. The number of aliphatic hydroxyl groups excluding tert-OH is 1. The monoisotopic (exact) mass is 633 g/mol. The Labute approximate surface area is 258 Å². The lowest BCUT2D eigenvalue weighted by atomic mass is 10.0. The molecular weight excluding hydrogens is 590 g/mol. The molecule has 1 aromatic heterocycles. The van der Waals surface area contributed by atoms with E-state index in [4.69, 9.17) is 9.47 Å². The van der Waals surface area contributed by atoms with Crippen molar-refractivity contribution in [2.24, 2.45) is 5.92 Å². The van der Waals surface area contributed by atoms with Crippen molar-refractivity contribution < 1.29 is 27.8 Å². The lowest BCUT2D eigenvalue weighted by Crippen LogP contribution is -2.51. The maximum Gasteiger partial charge on any atom is 0.407 e. The number of ether oxygens (including phenoxy) is 2. The SMILES string of the molecule is CC(C)CN(C[C@@H](O)[C@H](Cc1ccccc1)NC(=O)OC1CCOC1)S(=O)(=O)c1ccc2nc(NCCN(C)C)sc2c1. The van der Waals surface area contributed by atoms with Gasteiger partial charge >= 0.3 is 6.09 Å². The van der Waals surface area contributed by atoms with Gasteiger partial charge in [-0.3, -0.25) is 0 Å². The van der Waals surface area contributed by atoms with E-state index in [0.717, 1.165) is 28.5 Å². The van der Waals surface area contributed by atoms with Crippen LogP contribution in [0.2, 0.25) is 0 Å². The number of carbonyl (C=O) groups is 1. The zero-order valence-corrected chi connectivity index (χ0v) is 26.9. The number of benzene rings is 2. The molecule has 1 unspecified atom stereocenters. The fraction of sp³-hybridized carbons (Fsp3) is 0.533. The van der Waals surface area contributed by atoms with Gasteiger partial charge in [-0.05, 0) is 50.2 Å². The minimum absolute atomic E-state index is 0.00512. The Morgan fingerprint density at radius 3 is 2.63 bits per heavy atom. The Morgan fingerprint density at radius 2 is 1.95 bits per heavy atom. The van der Waals surface area contributed by atoms with E-state index in [1.165, 1.54) is 15.6 Å². The van der Waals surface area contributed by atoms with Crippen LogP contribution < -0.4 is 10.6 Å². The summed E-state index contributed by atoms with van der Waals surface area (Å²) in [6, 6.07) is 13.5. The van der Waals surface area contributed by atoms with Crippen molar-refractivity contribution in [1.82, 2.24) is 19.5 Å². The second kappa shape index (κ2) is 15.3. The molecule has 236 valence electrons. The molecule has 0 radical (unpaired) electrons. The van der Waals surface area contributed by atoms with Gasteiger partial charge < -0.3 is 30.1 Å². The van der Waals surface area contributed by atoms with Crippen LogP contribution >= 0.6 is 11.3 Å². The van der Waals surface area contributed by atoms with Crippen LogP contribution in [0.1, 0.15) is 25.8 Å². The molecule has 0 spiro atoms. The molecule has 1 saturated heterocycles. The van der Waals surface area contributed by atoms with Crippen LogP contribution in [0.25, 0.3) is 10.2 Å². The van der Waals surface area contributed by atoms with Crippen LogP contribution in [0.15, 0.2) is 53.4 Å². The minimum atomic E-state index is -3.99. The number of thiazole rings is 1. The van der Waals surface area contributed by atoms with Crippen LogP contribution in [-0.4, -0.2) is 106 Å². The van der Waals surface area contributed by atoms with E-state index in [-0.39, 0.29) is 30.0 Å². The Bertz CT molecular complexity index is 1430. The molecular formula is C30H43N5O6S2. The van der Waals surface area contributed by atoms with Crippen molar-refractivity contribution in [3.63, 3.8) is 0 Å². The molecule has 2 heterocycles. The Hall–Kier alpha value is -2.81. The average molecular weight is 634 g/mol. The molecule has 11 nitrogen and oxygen atoms in total. The largest absolute Gasteiger partial charge is 0.444 e. The van der Waals surface area contributed by atoms with Crippen LogP contribution in [0.3, 0.4) is 0 Å². The Morgan fingerprint density at radius 1 is 1.19 bits per heavy atom. The number of carbonyl (C=O) groups excluding carboxylic acids is 1. The standard InChI is InChI=1S/C30H43N5O6S2/c1-21(2)18-35(43(38,39)24-10-11-25-28(17-24)42-29(32-25)31-13-14-34(3)4)19-27(36)26(16-22-8-6-5-7-9-22)33-30(37)41-23-12-15-40-20-23/h5-11,17,21,23,26-27,36H,12-16,18-20H2,1-4H3,(H,31,32)(H,33,37)/t23?,26-,27+/m0/s1. The maximum absolute atomic E-state index is 14.0. The van der Waals surface area contributed by atoms with Gasteiger partial charge in [-0.25, -0.2) is 18.2 Å². The fourth-order valence-corrected chi connectivity index (χ4v) is 7.44. The molecule has 3 N–H and O–H groups in total. The summed E-state index contributed by atoms with van der Waals surface area (Å²) in [5.74, 6) is -0.00512. The van der Waals surface area contributed by atoms with Gasteiger partial charge in [0.05, 0.1) is 40.5 Å². The normalized spacial score (nSPS) is 17.1. The highest BCUT2D eigenvalue weighted by molar-refractivity contribution is 7.89. The molecule has 1 fully saturated rings. The quantitative estimate of drug-likeness (QED) is 0.230. The van der Waals surface area contributed by atoms with Crippen molar-refractivity contribution in [3.8, 4) is 0 Å². The topological polar surface area (TPSA) is 133 Å². The fourth-order valence-electron chi connectivity index (χ4n) is 4.78. The zero-order chi connectivity index (χ0) is 31.0. The number of anilines is 1. The highest BCUT2D eigenvalue weighted by Crippen LogP contribution is 2.29. The second-order valence-electron chi connectivity index (χ2n) is 11.5. The first kappa shape index (κ1) is 33.1. The summed E-state index contributed by atoms with van der Waals surface area (Å²) in [6.45, 7) is 6.26. The van der Waals surface area contributed by atoms with E-state index in [1.807, 2.05) is 58.3 Å². The van der Waals surface area contributed by atoms with Crippen molar-refractivity contribution >= 4 is 42.8 Å². The van der Waals surface area contributed by atoms with E-state index in [0.29, 0.717) is 31.6 Å². The summed E-state index contributed by atoms with van der Waals surface area (Å²) in [4.78, 5) is 19.5. The van der Waals surface area contributed by atoms with Gasteiger partial charge in [0.25, 0.3) is 0 Å². The molecule has 3 aromatic rings. The summed E-state index contributed by atoms with van der Waals surface area (Å²) in [6.07, 6.45) is -1.32. The number of fused-ring (bicyclic) bond motifs is 1. The van der Waals surface area contributed by atoms with Gasteiger partial charge in [-0.1, -0.05) is 55.5 Å². The summed E-state index contributed by atoms with van der Waals surface area (Å²) in [5.41, 5.74) is 1.60. The van der Waals surface area contributed by atoms with Crippen molar-refractivity contribution in [3.05, 3.63) is 54.1 Å². The number of aromatic nitrogens is 1. The number of alkyl carbamates (subject to hydrolysis) is 1. The second-order valence-corrected chi connectivity index (χ2v) is 14.5. The van der Waals surface area contributed by atoms with Crippen LogP contribution in [-0.2, 0) is 25.9 Å². The highest BCUT2D eigenvalue weighted by Gasteiger charge is 2.32. The average Bonchev–Trinajstić information content (AvgIpc) is 3.61. The first-order chi connectivity index (χ1) is 20.5. The molecule has 0 bridgehead atoms. The third kappa shape index (κ3) is 9.59. The smallest absolute Gasteiger partial charge is 0.407 e. The molecule has 0 aliphatic carbocycles. The molecule has 3 atom stereocenters. The number of nitrogens with one attached hydrogen (secondary N) is 2. The van der Waals surface area contributed by atoms with Crippen LogP contribution in [0.5, 0.6) is 0 Å². The maximum atomic E-state index is 14.0. The molecule has 2 aromatic carbocycles. The molecule has 13 heteroatoms. The summed E-state index contributed by atoms with van der Waals surface area (Å²) < 4.78 is 40.8. The molecule has 43 heavy (non-hydrogen) atoms. The van der Waals surface area contributed by atoms with Gasteiger partial charge in [0, 0.05) is 32.6 Å². The first-order valence-corrected chi connectivity index (χ1v) is 16.8. The predicted molar refractivity (Wildman–Crippen MR) is 169 cm³/mol. The van der Waals surface area contributed by atoms with Gasteiger partial charge in [-0.15, -0.1) is 0 Å². The number of hydrogen-bond acceptors (Lipinski definition) is 10. The lowest BCUT2D eigenvalue weighted by molar-refractivity contribution is 0.0644. The molecule has 1 aliphatic rings. The number of hydrogen-bond donors (Lipinski definition) is 3. The van der Waals surface area contributed by atoms with E-state index in [1.54, 1.807) is 18.2 Å². The van der Waals surface area contributed by atoms with Crippen molar-refractivity contribution in [1.29, 1.82) is 0 Å². The number of nitrogens with zero attached hydrogens (tertiary/aromatic N) is 3. The van der Waals surface area contributed by atoms with Crippen LogP contribution in [0.4, 0.5) is 9.93 Å². The third-order valence-electron chi connectivity index (χ3n) is 7.02. The van der Waals surface area contributed by atoms with E-state index in [9.17, 15) is 18.3 Å². The zero-order valence-electron chi connectivity index (χ0n) is 25.2. The molecule has 1 amide bonds. The molecule has 0 saturated carbocycles. The highest BCUT2D eigenvalue weighted by atomic mass is 32.2. The van der Waals surface area contributed by atoms with Gasteiger partial charge in [0.1, 0.15) is 6.10 Å². The molecule has 4 rings (SSSR count). The number of sulfonamides is 1. The van der Waals surface area contributed by atoms with Crippen LogP contribution in [0, 0.1) is 5.92 Å². The van der Waals surface area contributed by atoms with E-state index in [2.05, 4.69) is 20.5 Å². The van der Waals surface area contributed by atoms with E-state index >= 15 is 0 Å². The van der Waals surface area contributed by atoms with Gasteiger partial charge in [0.2, 0.25) is 10.0 Å². The Kier molecular flexibility index (Phi) is 11.7. The summed E-state index contributed by atoms with van der Waals surface area (Å²) in [5, 5.41) is 18.3. The van der Waals surface area contributed by atoms with Crippen molar-refractivity contribution in [2.75, 3.05) is 58.8 Å². The van der Waals surface area contributed by atoms with Gasteiger partial charge in [0.15, 0.2) is 5.13 Å². The van der Waals surface area contributed by atoms with Gasteiger partial charge in [-0.2, -0.15) is 4.31 Å². The summed E-state index contributed by atoms with van der Waals surface area (Å²) in [7, 11) is -0.00132.